The summed E-state index contributed by atoms with van der Waals surface area (Å²) in [5.41, 5.74) is 3.58. The summed E-state index contributed by atoms with van der Waals surface area (Å²) in [5.74, 6) is 1.58. The molecule has 1 amide bonds. The van der Waals surface area contributed by atoms with Gasteiger partial charge >= 0.3 is 6.01 Å². The summed E-state index contributed by atoms with van der Waals surface area (Å²) < 4.78 is 5.56. The van der Waals surface area contributed by atoms with E-state index in [9.17, 15) is 4.79 Å². The van der Waals surface area contributed by atoms with Gasteiger partial charge in [0.05, 0.1) is 6.21 Å². The van der Waals surface area contributed by atoms with E-state index in [1.807, 2.05) is 24.3 Å². The Balaban J connectivity index is 1.40. The van der Waals surface area contributed by atoms with Crippen molar-refractivity contribution in [2.24, 2.45) is 16.9 Å². The molecule has 0 radical (unpaired) electrons. The van der Waals surface area contributed by atoms with Crippen LogP contribution < -0.4 is 10.2 Å². The van der Waals surface area contributed by atoms with Gasteiger partial charge in [-0.25, -0.2) is 15.4 Å². The number of nitrogens with one attached hydrogen (secondary N) is 1. The number of unbranched alkanes of at least 4 members (excludes halogenated alkanes) is 2. The number of amides is 1. The molecule has 1 aromatic carbocycles. The van der Waals surface area contributed by atoms with E-state index >= 15 is 0 Å². The molecule has 0 saturated heterocycles. The normalized spacial score (nSPS) is 19.2. The van der Waals surface area contributed by atoms with Crippen molar-refractivity contribution >= 4 is 12.1 Å². The van der Waals surface area contributed by atoms with Crippen molar-refractivity contribution in [2.45, 2.75) is 58.3 Å². The van der Waals surface area contributed by atoms with Gasteiger partial charge in [-0.2, -0.15) is 5.10 Å². The van der Waals surface area contributed by atoms with E-state index in [2.05, 4.69) is 27.4 Å². The van der Waals surface area contributed by atoms with Crippen LogP contribution in [0, 0.1) is 11.8 Å². The molecule has 2 aromatic rings. The number of hydrazone groups is 1. The second-order valence-corrected chi connectivity index (χ2v) is 7.65. The monoisotopic (exact) mass is 394 g/mol. The van der Waals surface area contributed by atoms with Crippen LogP contribution in [0.3, 0.4) is 0 Å². The molecule has 1 aliphatic rings. The lowest BCUT2D eigenvalue weighted by Crippen LogP contribution is -2.30. The third-order valence-corrected chi connectivity index (χ3v) is 5.45. The molecule has 0 atom stereocenters. The van der Waals surface area contributed by atoms with Crippen LogP contribution in [0.5, 0.6) is 11.8 Å². The van der Waals surface area contributed by atoms with Crippen molar-refractivity contribution in [1.29, 1.82) is 0 Å². The molecular weight excluding hydrogens is 364 g/mol. The number of ether oxygens (including phenoxy) is 1. The number of hydrogen-bond donors (Lipinski definition) is 1. The maximum absolute atomic E-state index is 12.4. The van der Waals surface area contributed by atoms with E-state index in [0.717, 1.165) is 37.2 Å². The lowest BCUT2D eigenvalue weighted by atomic mass is 9.79. The van der Waals surface area contributed by atoms with Crippen LogP contribution in [-0.4, -0.2) is 22.1 Å². The maximum atomic E-state index is 12.4. The van der Waals surface area contributed by atoms with Crippen LogP contribution >= 0.6 is 0 Å². The summed E-state index contributed by atoms with van der Waals surface area (Å²) in [6.07, 6.45) is 14.4. The van der Waals surface area contributed by atoms with Crippen molar-refractivity contribution in [1.82, 2.24) is 15.4 Å². The number of aromatic nitrogens is 2. The predicted octanol–water partition coefficient (Wildman–Crippen LogP) is 5.11. The standard InChI is InChI=1S/C23H30N4O2/c1-2-3-4-6-18-7-11-20(12-8-18)22(28)27-26-17-19-9-13-21(14-10-19)29-23-24-15-5-16-25-23/h5,9-10,13-18,20H,2-4,6-8,11-12H2,1H3,(H,27,28)/b26-17+. The van der Waals surface area contributed by atoms with E-state index in [1.54, 1.807) is 24.7 Å². The minimum absolute atomic E-state index is 0.0365. The second-order valence-electron chi connectivity index (χ2n) is 7.65. The van der Waals surface area contributed by atoms with Gasteiger partial charge in [-0.3, -0.25) is 4.79 Å². The first-order valence-electron chi connectivity index (χ1n) is 10.6. The quantitative estimate of drug-likeness (QED) is 0.364. The van der Waals surface area contributed by atoms with Gasteiger partial charge in [0.15, 0.2) is 0 Å². The predicted molar refractivity (Wildman–Crippen MR) is 114 cm³/mol. The maximum Gasteiger partial charge on any atom is 0.321 e. The Morgan fingerprint density at radius 1 is 1.14 bits per heavy atom. The highest BCUT2D eigenvalue weighted by Gasteiger charge is 2.25. The molecule has 6 nitrogen and oxygen atoms in total. The molecule has 1 saturated carbocycles. The van der Waals surface area contributed by atoms with Crippen molar-refractivity contribution < 1.29 is 9.53 Å². The second kappa shape index (κ2) is 11.3. The van der Waals surface area contributed by atoms with E-state index in [-0.39, 0.29) is 11.8 Å². The zero-order valence-corrected chi connectivity index (χ0v) is 17.1. The number of carbonyl (C=O) groups excluding carboxylic acids is 1. The van der Waals surface area contributed by atoms with Gasteiger partial charge < -0.3 is 4.74 Å². The first kappa shape index (κ1) is 21.0. The minimum atomic E-state index is 0.0365. The summed E-state index contributed by atoms with van der Waals surface area (Å²) in [4.78, 5) is 20.4. The number of benzene rings is 1. The van der Waals surface area contributed by atoms with Gasteiger partial charge in [0.1, 0.15) is 5.75 Å². The molecule has 1 N–H and O–H groups in total. The molecule has 154 valence electrons. The van der Waals surface area contributed by atoms with Crippen molar-refractivity contribution in [3.05, 3.63) is 48.3 Å². The van der Waals surface area contributed by atoms with E-state index in [4.69, 9.17) is 4.74 Å². The average Bonchev–Trinajstić information content (AvgIpc) is 2.76. The zero-order valence-electron chi connectivity index (χ0n) is 17.1. The van der Waals surface area contributed by atoms with Gasteiger partial charge in [0.25, 0.3) is 0 Å². The Bertz CT molecular complexity index is 769. The smallest absolute Gasteiger partial charge is 0.321 e. The van der Waals surface area contributed by atoms with Gasteiger partial charge in [-0.15, -0.1) is 0 Å². The molecule has 6 heteroatoms. The molecule has 1 aliphatic carbocycles. The van der Waals surface area contributed by atoms with Crippen LogP contribution in [-0.2, 0) is 4.79 Å². The largest absolute Gasteiger partial charge is 0.424 e. The minimum Gasteiger partial charge on any atom is -0.424 e. The third-order valence-electron chi connectivity index (χ3n) is 5.45. The fourth-order valence-electron chi connectivity index (χ4n) is 3.72. The lowest BCUT2D eigenvalue weighted by Gasteiger charge is -2.27. The average molecular weight is 395 g/mol. The van der Waals surface area contributed by atoms with Crippen molar-refractivity contribution in [3.8, 4) is 11.8 Å². The fraction of sp³-hybridized carbons (Fsp3) is 0.478. The molecule has 1 heterocycles. The van der Waals surface area contributed by atoms with Gasteiger partial charge in [-0.1, -0.05) is 32.6 Å². The highest BCUT2D eigenvalue weighted by Crippen LogP contribution is 2.32. The number of rotatable bonds is 9. The Hall–Kier alpha value is -2.76. The number of carbonyl (C=O) groups is 1. The Kier molecular flexibility index (Phi) is 8.16. The lowest BCUT2D eigenvalue weighted by molar-refractivity contribution is -0.126. The first-order chi connectivity index (χ1) is 14.2. The van der Waals surface area contributed by atoms with Crippen LogP contribution in [0.2, 0.25) is 0 Å². The summed E-state index contributed by atoms with van der Waals surface area (Å²) in [6, 6.07) is 9.42. The molecule has 0 aliphatic heterocycles. The Labute approximate surface area is 172 Å². The third kappa shape index (κ3) is 6.97. The fourth-order valence-corrected chi connectivity index (χ4v) is 3.72. The zero-order chi connectivity index (χ0) is 20.3. The first-order valence-corrected chi connectivity index (χ1v) is 10.6. The van der Waals surface area contributed by atoms with Crippen LogP contribution in [0.1, 0.15) is 63.9 Å². The highest BCUT2D eigenvalue weighted by molar-refractivity contribution is 5.83. The topological polar surface area (TPSA) is 76.5 Å². The summed E-state index contributed by atoms with van der Waals surface area (Å²) >= 11 is 0. The molecule has 1 fully saturated rings. The molecule has 0 bridgehead atoms. The van der Waals surface area contributed by atoms with Crippen molar-refractivity contribution in [3.63, 3.8) is 0 Å². The van der Waals surface area contributed by atoms with E-state index in [0.29, 0.717) is 11.8 Å². The molecule has 0 unspecified atom stereocenters. The SMILES string of the molecule is CCCCCC1CCC(C(=O)N/N=C/c2ccc(Oc3ncccn3)cc2)CC1. The van der Waals surface area contributed by atoms with Crippen LogP contribution in [0.4, 0.5) is 0 Å². The van der Waals surface area contributed by atoms with Crippen LogP contribution in [0.15, 0.2) is 47.8 Å². The Morgan fingerprint density at radius 3 is 2.55 bits per heavy atom. The molecule has 29 heavy (non-hydrogen) atoms. The molecule has 3 rings (SSSR count). The highest BCUT2D eigenvalue weighted by atomic mass is 16.5. The molecule has 0 spiro atoms. The van der Waals surface area contributed by atoms with E-state index in [1.165, 1.54) is 25.7 Å². The van der Waals surface area contributed by atoms with Gasteiger partial charge in [-0.05, 0) is 67.5 Å². The number of nitrogens with zero attached hydrogens (tertiary/aromatic N) is 3. The van der Waals surface area contributed by atoms with E-state index < -0.39 is 0 Å². The molecule has 1 aromatic heterocycles. The Morgan fingerprint density at radius 2 is 1.86 bits per heavy atom. The van der Waals surface area contributed by atoms with Gasteiger partial charge in [0, 0.05) is 18.3 Å². The summed E-state index contributed by atoms with van der Waals surface area (Å²) in [7, 11) is 0. The summed E-state index contributed by atoms with van der Waals surface area (Å²) in [5, 5.41) is 4.12. The summed E-state index contributed by atoms with van der Waals surface area (Å²) in [6.45, 7) is 2.24. The number of hydrogen-bond acceptors (Lipinski definition) is 5. The van der Waals surface area contributed by atoms with Crippen LogP contribution in [0.25, 0.3) is 0 Å². The van der Waals surface area contributed by atoms with Crippen molar-refractivity contribution in [2.75, 3.05) is 0 Å². The van der Waals surface area contributed by atoms with Gasteiger partial charge in [0.2, 0.25) is 5.91 Å². The molecular formula is C23H30N4O2.